The van der Waals surface area contributed by atoms with Gasteiger partial charge in [-0.05, 0) is 20.8 Å². The van der Waals surface area contributed by atoms with Crippen molar-refractivity contribution in [1.29, 1.82) is 0 Å². The van der Waals surface area contributed by atoms with Crippen molar-refractivity contribution in [3.05, 3.63) is 12.7 Å². The van der Waals surface area contributed by atoms with Gasteiger partial charge < -0.3 is 14.7 Å². The molecule has 25 heavy (non-hydrogen) atoms. The molecule has 10 heteroatoms. The summed E-state index contributed by atoms with van der Waals surface area (Å²) in [4.78, 5) is 48.9. The van der Waals surface area contributed by atoms with Crippen LogP contribution in [0.4, 0.5) is 4.79 Å². The third kappa shape index (κ3) is 2.99. The normalized spacial score (nSPS) is 33.2. The highest BCUT2D eigenvalue weighted by Crippen LogP contribution is 2.56. The van der Waals surface area contributed by atoms with Crippen LogP contribution in [-0.4, -0.2) is 62.1 Å². The Balaban J connectivity index is 2.32. The monoisotopic (exact) mass is 371 g/mol. The molecule has 2 heterocycles. The first-order chi connectivity index (χ1) is 11.6. The molecule has 2 rings (SSSR count). The fourth-order valence-electron chi connectivity index (χ4n) is 3.17. The number of hydrazine groups is 1. The fraction of sp³-hybridized carbons (Fsp3) is 0.600. The quantitative estimate of drug-likeness (QED) is 0.331. The third-order valence-electron chi connectivity index (χ3n) is 4.31. The fourth-order valence-corrected chi connectivity index (χ4v) is 4.87. The molecule has 2 amide bonds. The SMILES string of the molecule is C=C[C@]1(C)S[C@H]2N(C(=O)[C@]2(CC(C)=O)NNC(=O)OCC)[C@H]1C(=O)O. The highest BCUT2D eigenvalue weighted by atomic mass is 32.2. The number of carbonyl (C=O) groups excluding carboxylic acids is 3. The molecule has 4 atom stereocenters. The van der Waals surface area contributed by atoms with E-state index >= 15 is 0 Å². The molecule has 0 saturated carbocycles. The van der Waals surface area contributed by atoms with E-state index in [-0.39, 0.29) is 18.8 Å². The molecule has 0 unspecified atom stereocenters. The maximum Gasteiger partial charge on any atom is 0.421 e. The summed E-state index contributed by atoms with van der Waals surface area (Å²) in [6, 6.07) is -1.10. The number of amides is 2. The highest BCUT2D eigenvalue weighted by Gasteiger charge is 2.72. The minimum Gasteiger partial charge on any atom is -0.480 e. The van der Waals surface area contributed by atoms with E-state index in [1.165, 1.54) is 29.7 Å². The van der Waals surface area contributed by atoms with Crippen LogP contribution >= 0.6 is 11.8 Å². The van der Waals surface area contributed by atoms with Gasteiger partial charge in [-0.2, -0.15) is 0 Å². The third-order valence-corrected chi connectivity index (χ3v) is 6.06. The average molecular weight is 371 g/mol. The zero-order valence-corrected chi connectivity index (χ0v) is 15.0. The second kappa shape index (κ2) is 6.68. The Morgan fingerprint density at radius 3 is 2.60 bits per heavy atom. The number of hydrogen-bond acceptors (Lipinski definition) is 7. The van der Waals surface area contributed by atoms with E-state index in [9.17, 15) is 24.3 Å². The van der Waals surface area contributed by atoms with Gasteiger partial charge >= 0.3 is 12.1 Å². The predicted molar refractivity (Wildman–Crippen MR) is 89.6 cm³/mol. The number of rotatable bonds is 7. The summed E-state index contributed by atoms with van der Waals surface area (Å²) in [5.41, 5.74) is 3.45. The van der Waals surface area contributed by atoms with E-state index in [0.717, 1.165) is 0 Å². The van der Waals surface area contributed by atoms with Crippen molar-refractivity contribution in [2.75, 3.05) is 6.61 Å². The van der Waals surface area contributed by atoms with Crippen LogP contribution in [0.1, 0.15) is 27.2 Å². The average Bonchev–Trinajstić information content (AvgIpc) is 2.83. The molecule has 3 N–H and O–H groups in total. The molecule has 138 valence electrons. The van der Waals surface area contributed by atoms with Crippen LogP contribution in [-0.2, 0) is 19.1 Å². The van der Waals surface area contributed by atoms with E-state index in [0.29, 0.717) is 0 Å². The molecule has 0 radical (unpaired) electrons. The molecule has 0 aromatic heterocycles. The summed E-state index contributed by atoms with van der Waals surface area (Å²) in [7, 11) is 0. The van der Waals surface area contributed by atoms with E-state index < -0.39 is 39.7 Å². The van der Waals surface area contributed by atoms with Gasteiger partial charge in [-0.25, -0.2) is 15.0 Å². The largest absolute Gasteiger partial charge is 0.480 e. The number of carboxylic acids is 1. The van der Waals surface area contributed by atoms with Crippen LogP contribution in [0.2, 0.25) is 0 Å². The number of aliphatic carboxylic acids is 1. The minimum absolute atomic E-state index is 0.140. The predicted octanol–water partition coefficient (Wildman–Crippen LogP) is 0.268. The lowest BCUT2D eigenvalue weighted by molar-refractivity contribution is -0.169. The standard InChI is InChI=1S/C15H21N3O6S/c1-5-14(4)9(10(20)21)18-11(22)15(7-8(3)19,12(18)25-14)17-16-13(23)24-6-2/h5,9,12,17H,1,6-7H2,2-4H3,(H,16,23)(H,20,21)/t9-,12+,14-,15-/m0/s1. The summed E-state index contributed by atoms with van der Waals surface area (Å²) >= 11 is 1.22. The Morgan fingerprint density at radius 1 is 1.48 bits per heavy atom. The van der Waals surface area contributed by atoms with E-state index in [1.54, 1.807) is 13.8 Å². The summed E-state index contributed by atoms with van der Waals surface area (Å²) in [5, 5.41) is 8.88. The molecule has 0 aromatic carbocycles. The first-order valence-corrected chi connectivity index (χ1v) is 8.57. The Hall–Kier alpha value is -2.07. The van der Waals surface area contributed by atoms with E-state index in [4.69, 9.17) is 4.74 Å². The molecule has 2 saturated heterocycles. The Bertz CT molecular complexity index is 641. The number of hydrogen-bond donors (Lipinski definition) is 3. The molecule has 0 aromatic rings. The second-order valence-electron chi connectivity index (χ2n) is 6.13. The van der Waals surface area contributed by atoms with Crippen molar-refractivity contribution >= 4 is 35.5 Å². The molecule has 0 aliphatic carbocycles. The molecular formula is C15H21N3O6S. The Kier molecular flexibility index (Phi) is 5.14. The molecule has 0 bridgehead atoms. The van der Waals surface area contributed by atoms with Gasteiger partial charge in [0.05, 0.1) is 11.4 Å². The van der Waals surface area contributed by atoms with Crippen LogP contribution < -0.4 is 10.9 Å². The molecule has 2 fully saturated rings. The summed E-state index contributed by atoms with van der Waals surface area (Å²) in [6.45, 7) is 8.44. The van der Waals surface area contributed by atoms with Crippen molar-refractivity contribution in [2.45, 2.75) is 48.9 Å². The van der Waals surface area contributed by atoms with Crippen LogP contribution in [0, 0.1) is 0 Å². The van der Waals surface area contributed by atoms with Gasteiger partial charge in [0.1, 0.15) is 17.2 Å². The highest BCUT2D eigenvalue weighted by molar-refractivity contribution is 8.02. The van der Waals surface area contributed by atoms with Crippen LogP contribution in [0.15, 0.2) is 12.7 Å². The number of nitrogens with one attached hydrogen (secondary N) is 2. The van der Waals surface area contributed by atoms with Gasteiger partial charge in [-0.15, -0.1) is 18.3 Å². The number of thioether (sulfide) groups is 1. The number of fused-ring (bicyclic) bond motifs is 1. The molecular weight excluding hydrogens is 350 g/mol. The first-order valence-electron chi connectivity index (χ1n) is 7.69. The number of nitrogens with zero attached hydrogens (tertiary/aromatic N) is 1. The van der Waals surface area contributed by atoms with Gasteiger partial charge in [-0.3, -0.25) is 15.0 Å². The van der Waals surface area contributed by atoms with Crippen molar-refractivity contribution < 1.29 is 29.0 Å². The maximum absolute atomic E-state index is 12.8. The number of ether oxygens (including phenoxy) is 1. The number of β-lactam (4-membered cyclic amide) rings is 1. The summed E-state index contributed by atoms with van der Waals surface area (Å²) in [6.07, 6.45) is 0.506. The zero-order chi connectivity index (χ0) is 19.0. The summed E-state index contributed by atoms with van der Waals surface area (Å²) < 4.78 is 3.82. The van der Waals surface area contributed by atoms with Gasteiger partial charge in [0.25, 0.3) is 0 Å². The van der Waals surface area contributed by atoms with Crippen LogP contribution in [0.3, 0.4) is 0 Å². The minimum atomic E-state index is -1.42. The molecule has 2 aliphatic rings. The van der Waals surface area contributed by atoms with Gasteiger partial charge in [0, 0.05) is 6.42 Å². The zero-order valence-electron chi connectivity index (χ0n) is 14.2. The maximum atomic E-state index is 12.8. The lowest BCUT2D eigenvalue weighted by Crippen LogP contribution is -2.81. The lowest BCUT2D eigenvalue weighted by atomic mass is 9.81. The number of carboxylic acid groups (broad SMARTS) is 1. The van der Waals surface area contributed by atoms with Crippen molar-refractivity contribution in [2.24, 2.45) is 0 Å². The first kappa shape index (κ1) is 19.3. The summed E-state index contributed by atoms with van der Waals surface area (Å²) in [5.74, 6) is -1.98. The van der Waals surface area contributed by atoms with Crippen molar-refractivity contribution in [1.82, 2.24) is 15.8 Å². The molecule has 2 aliphatic heterocycles. The number of Topliss-reactive ketones (excluding diaryl/α,β-unsaturated/α-hetero) is 1. The number of carbonyl (C=O) groups is 4. The van der Waals surface area contributed by atoms with Gasteiger partial charge in [0.15, 0.2) is 5.54 Å². The van der Waals surface area contributed by atoms with Crippen molar-refractivity contribution in [3.8, 4) is 0 Å². The second-order valence-corrected chi connectivity index (χ2v) is 7.69. The van der Waals surface area contributed by atoms with Crippen LogP contribution in [0.5, 0.6) is 0 Å². The van der Waals surface area contributed by atoms with Gasteiger partial charge in [-0.1, -0.05) is 6.08 Å². The molecule has 9 nitrogen and oxygen atoms in total. The van der Waals surface area contributed by atoms with E-state index in [2.05, 4.69) is 17.4 Å². The topological polar surface area (TPSA) is 125 Å². The molecule has 0 spiro atoms. The lowest BCUT2D eigenvalue weighted by Gasteiger charge is -2.52. The van der Waals surface area contributed by atoms with Crippen molar-refractivity contribution in [3.63, 3.8) is 0 Å². The number of ketones is 1. The van der Waals surface area contributed by atoms with Gasteiger partial charge in [0.2, 0.25) is 5.91 Å². The smallest absolute Gasteiger partial charge is 0.421 e. The Labute approximate surface area is 149 Å². The Morgan fingerprint density at radius 2 is 2.12 bits per heavy atom. The van der Waals surface area contributed by atoms with Crippen LogP contribution in [0.25, 0.3) is 0 Å². The van der Waals surface area contributed by atoms with E-state index in [1.807, 2.05) is 0 Å².